The molecule has 2 rings (SSSR count). The Kier molecular flexibility index (Phi) is 4.46. The molecule has 0 atom stereocenters. The molecule has 1 aliphatic heterocycles. The monoisotopic (exact) mass is 331 g/mol. The van der Waals surface area contributed by atoms with Crippen LogP contribution in [-0.2, 0) is 11.8 Å². The summed E-state index contributed by atoms with van der Waals surface area (Å²) in [6, 6.07) is 1.64. The van der Waals surface area contributed by atoms with Gasteiger partial charge in [0, 0.05) is 31.7 Å². The number of halogens is 1. The molecule has 2 heterocycles. The molecule has 1 aromatic heterocycles. The summed E-state index contributed by atoms with van der Waals surface area (Å²) in [6.07, 6.45) is 1.60. The van der Waals surface area contributed by atoms with Crippen molar-refractivity contribution in [2.45, 2.75) is 18.4 Å². The molecule has 106 valence electrons. The number of hydrogen-bond acceptors (Lipinski definition) is 4. The molecular weight excluding hydrogens is 314 g/mol. The lowest BCUT2D eigenvalue weighted by Crippen LogP contribution is -2.53. The molecule has 0 saturated carbocycles. The highest BCUT2D eigenvalue weighted by atomic mass is 79.9. The van der Waals surface area contributed by atoms with E-state index < -0.39 is 0 Å². The number of carbonyl (C=O) groups is 1. The van der Waals surface area contributed by atoms with Gasteiger partial charge in [0.05, 0.1) is 12.6 Å². The molecule has 1 saturated heterocycles. The second-order valence-corrected chi connectivity index (χ2v) is 5.24. The summed E-state index contributed by atoms with van der Waals surface area (Å²) in [5.41, 5.74) is 0.117. The van der Waals surface area contributed by atoms with Crippen molar-refractivity contribution in [1.29, 1.82) is 0 Å². The third-order valence-electron chi connectivity index (χ3n) is 3.36. The van der Waals surface area contributed by atoms with Gasteiger partial charge in [-0.25, -0.2) is 4.68 Å². The molecule has 0 radical (unpaired) electrons. The van der Waals surface area contributed by atoms with Gasteiger partial charge in [0.1, 0.15) is 0 Å². The van der Waals surface area contributed by atoms with Crippen molar-refractivity contribution in [3.8, 4) is 5.88 Å². The topological polar surface area (TPSA) is 65.4 Å². The first-order valence-corrected chi connectivity index (χ1v) is 7.27. The number of nitrogens with zero attached hydrogens (tertiary/aromatic N) is 2. The van der Waals surface area contributed by atoms with Gasteiger partial charge in [-0.05, 0) is 12.8 Å². The summed E-state index contributed by atoms with van der Waals surface area (Å²) in [4.78, 5) is 12.3. The van der Waals surface area contributed by atoms with Crippen molar-refractivity contribution < 1.29 is 14.3 Å². The zero-order chi connectivity index (χ0) is 13.9. The fourth-order valence-electron chi connectivity index (χ4n) is 2.11. The molecule has 6 nitrogen and oxygen atoms in total. The van der Waals surface area contributed by atoms with Crippen LogP contribution < -0.4 is 10.1 Å². The number of rotatable bonds is 4. The first-order chi connectivity index (χ1) is 9.10. The van der Waals surface area contributed by atoms with E-state index in [1.165, 1.54) is 0 Å². The SMILES string of the molecule is COc1cc(C(=O)NC2(CBr)CCOCC2)nn1C. The molecule has 1 amide bonds. The molecule has 1 fully saturated rings. The number of aryl methyl sites for hydroxylation is 1. The van der Waals surface area contributed by atoms with Gasteiger partial charge in [0.25, 0.3) is 5.91 Å². The van der Waals surface area contributed by atoms with Gasteiger partial charge in [-0.1, -0.05) is 15.9 Å². The predicted molar refractivity (Wildman–Crippen MR) is 73.8 cm³/mol. The van der Waals surface area contributed by atoms with E-state index in [0.717, 1.165) is 12.8 Å². The van der Waals surface area contributed by atoms with Crippen LogP contribution in [0.4, 0.5) is 0 Å². The highest BCUT2D eigenvalue weighted by molar-refractivity contribution is 9.09. The van der Waals surface area contributed by atoms with E-state index in [0.29, 0.717) is 30.1 Å². The van der Waals surface area contributed by atoms with Gasteiger partial charge < -0.3 is 14.8 Å². The standard InChI is InChI=1S/C12H18BrN3O3/c1-16-10(18-2)7-9(15-16)11(17)14-12(8-13)3-5-19-6-4-12/h7H,3-6,8H2,1-2H3,(H,14,17). The smallest absolute Gasteiger partial charge is 0.272 e. The van der Waals surface area contributed by atoms with E-state index in [9.17, 15) is 4.79 Å². The summed E-state index contributed by atoms with van der Waals surface area (Å²) >= 11 is 3.48. The summed E-state index contributed by atoms with van der Waals surface area (Å²) in [5, 5.41) is 7.92. The van der Waals surface area contributed by atoms with Crippen LogP contribution in [-0.4, -0.2) is 46.9 Å². The molecule has 1 N–H and O–H groups in total. The highest BCUT2D eigenvalue weighted by Crippen LogP contribution is 2.23. The Morgan fingerprint density at radius 3 is 2.84 bits per heavy atom. The molecule has 0 unspecified atom stereocenters. The van der Waals surface area contributed by atoms with Crippen LogP contribution in [0.3, 0.4) is 0 Å². The second kappa shape index (κ2) is 5.92. The van der Waals surface area contributed by atoms with Crippen molar-refractivity contribution >= 4 is 21.8 Å². The Balaban J connectivity index is 2.10. The number of carbonyl (C=O) groups excluding carboxylic acids is 1. The van der Waals surface area contributed by atoms with Crippen molar-refractivity contribution in [2.75, 3.05) is 25.7 Å². The maximum absolute atomic E-state index is 12.3. The van der Waals surface area contributed by atoms with Gasteiger partial charge in [-0.3, -0.25) is 4.79 Å². The van der Waals surface area contributed by atoms with Gasteiger partial charge in [0.15, 0.2) is 5.69 Å². The first-order valence-electron chi connectivity index (χ1n) is 6.14. The van der Waals surface area contributed by atoms with Crippen LogP contribution in [0, 0.1) is 0 Å². The van der Waals surface area contributed by atoms with Crippen LogP contribution in [0.5, 0.6) is 5.88 Å². The molecule has 7 heteroatoms. The van der Waals surface area contributed by atoms with Crippen LogP contribution in [0.1, 0.15) is 23.3 Å². The maximum atomic E-state index is 12.3. The normalized spacial score (nSPS) is 18.1. The maximum Gasteiger partial charge on any atom is 0.272 e. The Hall–Kier alpha value is -1.08. The number of methoxy groups -OCH3 is 1. The zero-order valence-electron chi connectivity index (χ0n) is 11.1. The average Bonchev–Trinajstić information content (AvgIpc) is 2.81. The molecule has 0 aromatic carbocycles. The molecule has 1 aliphatic rings. The van der Waals surface area contributed by atoms with E-state index in [2.05, 4.69) is 26.3 Å². The van der Waals surface area contributed by atoms with Crippen molar-refractivity contribution in [3.05, 3.63) is 11.8 Å². The molecule has 1 aromatic rings. The minimum Gasteiger partial charge on any atom is -0.481 e. The van der Waals surface area contributed by atoms with Gasteiger partial charge in [0.2, 0.25) is 5.88 Å². The fourth-order valence-corrected chi connectivity index (χ4v) is 2.81. The van der Waals surface area contributed by atoms with Crippen molar-refractivity contribution in [3.63, 3.8) is 0 Å². The predicted octanol–water partition coefficient (Wildman–Crippen LogP) is 1.10. The molecule has 0 aliphatic carbocycles. The zero-order valence-corrected chi connectivity index (χ0v) is 12.7. The number of ether oxygens (including phenoxy) is 2. The van der Waals surface area contributed by atoms with E-state index in [1.807, 2.05) is 0 Å². The van der Waals surface area contributed by atoms with Crippen LogP contribution in [0.25, 0.3) is 0 Å². The minimum absolute atomic E-state index is 0.180. The van der Waals surface area contributed by atoms with E-state index in [1.54, 1.807) is 24.9 Å². The van der Waals surface area contributed by atoms with Crippen molar-refractivity contribution in [1.82, 2.24) is 15.1 Å². The number of aromatic nitrogens is 2. The van der Waals surface area contributed by atoms with E-state index in [-0.39, 0.29) is 11.4 Å². The summed E-state index contributed by atoms with van der Waals surface area (Å²) in [7, 11) is 3.29. The van der Waals surface area contributed by atoms with Gasteiger partial charge in [-0.2, -0.15) is 5.10 Å². The summed E-state index contributed by atoms with van der Waals surface area (Å²) in [6.45, 7) is 1.33. The van der Waals surface area contributed by atoms with Gasteiger partial charge in [-0.15, -0.1) is 0 Å². The molecule has 0 spiro atoms. The summed E-state index contributed by atoms with van der Waals surface area (Å²) < 4.78 is 12.0. The highest BCUT2D eigenvalue weighted by Gasteiger charge is 2.34. The largest absolute Gasteiger partial charge is 0.481 e. The molecule has 19 heavy (non-hydrogen) atoms. The lowest BCUT2D eigenvalue weighted by Gasteiger charge is -2.36. The number of nitrogens with one attached hydrogen (secondary N) is 1. The van der Waals surface area contributed by atoms with Crippen LogP contribution in [0.15, 0.2) is 6.07 Å². The van der Waals surface area contributed by atoms with E-state index in [4.69, 9.17) is 9.47 Å². The second-order valence-electron chi connectivity index (χ2n) is 4.68. The Morgan fingerprint density at radius 2 is 2.32 bits per heavy atom. The quantitative estimate of drug-likeness (QED) is 0.839. The first kappa shape index (κ1) is 14.3. The van der Waals surface area contributed by atoms with Crippen LogP contribution in [0.2, 0.25) is 0 Å². The number of amides is 1. The van der Waals surface area contributed by atoms with Gasteiger partial charge >= 0.3 is 0 Å². The third kappa shape index (κ3) is 3.09. The van der Waals surface area contributed by atoms with E-state index >= 15 is 0 Å². The fraction of sp³-hybridized carbons (Fsp3) is 0.667. The minimum atomic E-state index is -0.250. The Bertz CT molecular complexity index is 455. The Morgan fingerprint density at radius 1 is 1.63 bits per heavy atom. The van der Waals surface area contributed by atoms with Crippen molar-refractivity contribution in [2.24, 2.45) is 7.05 Å². The molecule has 0 bridgehead atoms. The summed E-state index contributed by atoms with van der Waals surface area (Å²) in [5.74, 6) is 0.380. The number of alkyl halides is 1. The molecular formula is C12H18BrN3O3. The average molecular weight is 332 g/mol. The number of hydrogen-bond donors (Lipinski definition) is 1. The third-order valence-corrected chi connectivity index (χ3v) is 4.44. The van der Waals surface area contributed by atoms with Crippen LogP contribution >= 0.6 is 15.9 Å². The Labute approximate surface area is 120 Å². The lowest BCUT2D eigenvalue weighted by atomic mass is 9.92. The lowest BCUT2D eigenvalue weighted by molar-refractivity contribution is 0.0440.